The van der Waals surface area contributed by atoms with Crippen LogP contribution in [0.25, 0.3) is 0 Å². The first-order valence-corrected chi connectivity index (χ1v) is 9.70. The highest BCUT2D eigenvalue weighted by molar-refractivity contribution is 5.79. The zero-order valence-electron chi connectivity index (χ0n) is 17.2. The minimum atomic E-state index is 0.358. The van der Waals surface area contributed by atoms with Gasteiger partial charge in [0, 0.05) is 53.6 Å². The summed E-state index contributed by atoms with van der Waals surface area (Å²) in [6, 6.07) is 6.59. The van der Waals surface area contributed by atoms with E-state index in [2.05, 4.69) is 59.7 Å². The molecule has 2 N–H and O–H groups in total. The molecule has 0 aliphatic heterocycles. The summed E-state index contributed by atoms with van der Waals surface area (Å²) in [5.74, 6) is 0.879. The second kappa shape index (κ2) is 9.81. The van der Waals surface area contributed by atoms with Gasteiger partial charge in [0.15, 0.2) is 5.96 Å². The summed E-state index contributed by atoms with van der Waals surface area (Å²) in [6.07, 6.45) is 6.35. The lowest BCUT2D eigenvalue weighted by Crippen LogP contribution is -2.43. The molecule has 0 radical (unpaired) electrons. The Bertz CT molecular complexity index is 592. The third-order valence-electron chi connectivity index (χ3n) is 5.64. The highest BCUT2D eigenvalue weighted by Gasteiger charge is 2.33. The van der Waals surface area contributed by atoms with E-state index in [-0.39, 0.29) is 0 Å². The highest BCUT2D eigenvalue weighted by Crippen LogP contribution is 2.40. The van der Waals surface area contributed by atoms with Crippen LogP contribution in [-0.4, -0.2) is 47.4 Å². The van der Waals surface area contributed by atoms with Crippen LogP contribution >= 0.6 is 0 Å². The maximum Gasteiger partial charge on any atom is 0.191 e. The molecule has 0 spiro atoms. The van der Waals surface area contributed by atoms with E-state index in [1.165, 1.54) is 42.5 Å². The molecule has 0 heterocycles. The predicted molar refractivity (Wildman–Crippen MR) is 111 cm³/mol. The fourth-order valence-electron chi connectivity index (χ4n) is 3.79. The minimum absolute atomic E-state index is 0.358. The number of nitrogens with zero attached hydrogens (tertiary/aromatic N) is 2. The summed E-state index contributed by atoms with van der Waals surface area (Å²) >= 11 is 0. The SMILES string of the molecule is CN=C(NCc1ccc(N(C)C)cc1C)NCC1(CCOC)CCCC1. The lowest BCUT2D eigenvalue weighted by molar-refractivity contribution is 0.138. The summed E-state index contributed by atoms with van der Waals surface area (Å²) in [6.45, 7) is 4.75. The third kappa shape index (κ3) is 5.63. The van der Waals surface area contributed by atoms with Crippen LogP contribution in [0.4, 0.5) is 5.69 Å². The average Bonchev–Trinajstić information content (AvgIpc) is 3.10. The van der Waals surface area contributed by atoms with Gasteiger partial charge in [-0.2, -0.15) is 0 Å². The van der Waals surface area contributed by atoms with Gasteiger partial charge in [-0.15, -0.1) is 0 Å². The number of hydrogen-bond acceptors (Lipinski definition) is 3. The second-order valence-corrected chi connectivity index (χ2v) is 7.73. The van der Waals surface area contributed by atoms with Crippen molar-refractivity contribution < 1.29 is 4.74 Å². The average molecular weight is 361 g/mol. The van der Waals surface area contributed by atoms with Crippen LogP contribution in [0.1, 0.15) is 43.2 Å². The van der Waals surface area contributed by atoms with E-state index in [9.17, 15) is 0 Å². The molecule has 5 nitrogen and oxygen atoms in total. The number of anilines is 1. The van der Waals surface area contributed by atoms with Crippen LogP contribution in [0, 0.1) is 12.3 Å². The Kier molecular flexibility index (Phi) is 7.76. The molecule has 1 aromatic rings. The van der Waals surface area contributed by atoms with E-state index in [1.807, 2.05) is 7.05 Å². The topological polar surface area (TPSA) is 48.9 Å². The van der Waals surface area contributed by atoms with Crippen molar-refractivity contribution in [1.29, 1.82) is 0 Å². The zero-order chi connectivity index (χ0) is 19.0. The standard InChI is InChI=1S/C21H36N4O/c1-17-14-19(25(3)4)9-8-18(17)15-23-20(22-2)24-16-21(12-13-26-5)10-6-7-11-21/h8-9,14H,6-7,10-13,15-16H2,1-5H3,(H2,22,23,24). The molecule has 146 valence electrons. The number of guanidine groups is 1. The van der Waals surface area contributed by atoms with Crippen LogP contribution in [0.3, 0.4) is 0 Å². The lowest BCUT2D eigenvalue weighted by Gasteiger charge is -2.30. The summed E-state index contributed by atoms with van der Waals surface area (Å²) in [4.78, 5) is 6.54. The van der Waals surface area contributed by atoms with Gasteiger partial charge in [-0.25, -0.2) is 0 Å². The first-order valence-electron chi connectivity index (χ1n) is 9.70. The molecule has 1 saturated carbocycles. The normalized spacial score (nSPS) is 16.6. The molecule has 1 aliphatic carbocycles. The molecule has 1 fully saturated rings. The van der Waals surface area contributed by atoms with Crippen molar-refractivity contribution in [3.63, 3.8) is 0 Å². The Morgan fingerprint density at radius 1 is 1.23 bits per heavy atom. The lowest BCUT2D eigenvalue weighted by atomic mass is 9.83. The first-order chi connectivity index (χ1) is 12.5. The molecule has 5 heteroatoms. The van der Waals surface area contributed by atoms with Crippen LogP contribution in [-0.2, 0) is 11.3 Å². The third-order valence-corrected chi connectivity index (χ3v) is 5.64. The van der Waals surface area contributed by atoms with E-state index in [4.69, 9.17) is 4.74 Å². The van der Waals surface area contributed by atoms with Crippen molar-refractivity contribution in [2.24, 2.45) is 10.4 Å². The van der Waals surface area contributed by atoms with Crippen LogP contribution < -0.4 is 15.5 Å². The number of ether oxygens (including phenoxy) is 1. The van der Waals surface area contributed by atoms with Crippen molar-refractivity contribution in [3.8, 4) is 0 Å². The van der Waals surface area contributed by atoms with Crippen molar-refractivity contribution in [2.75, 3.05) is 46.3 Å². The fourth-order valence-corrected chi connectivity index (χ4v) is 3.79. The first kappa shape index (κ1) is 20.6. The van der Waals surface area contributed by atoms with Gasteiger partial charge in [-0.1, -0.05) is 18.9 Å². The molecule has 0 atom stereocenters. The number of hydrogen-bond donors (Lipinski definition) is 2. The summed E-state index contributed by atoms with van der Waals surface area (Å²) < 4.78 is 5.33. The molecule has 0 aromatic heterocycles. The van der Waals surface area contributed by atoms with Gasteiger partial charge >= 0.3 is 0 Å². The van der Waals surface area contributed by atoms with Crippen molar-refractivity contribution in [3.05, 3.63) is 29.3 Å². The maximum absolute atomic E-state index is 5.33. The summed E-state index contributed by atoms with van der Waals surface area (Å²) in [7, 11) is 7.77. The Balaban J connectivity index is 1.89. The van der Waals surface area contributed by atoms with Crippen molar-refractivity contribution >= 4 is 11.6 Å². The number of aliphatic imine (C=N–C) groups is 1. The molecule has 0 saturated heterocycles. The molecule has 0 bridgehead atoms. The zero-order valence-corrected chi connectivity index (χ0v) is 17.2. The maximum atomic E-state index is 5.33. The highest BCUT2D eigenvalue weighted by atomic mass is 16.5. The second-order valence-electron chi connectivity index (χ2n) is 7.73. The summed E-state index contributed by atoms with van der Waals surface area (Å²) in [5, 5.41) is 7.02. The Morgan fingerprint density at radius 2 is 1.96 bits per heavy atom. The number of aryl methyl sites for hydroxylation is 1. The molecule has 0 unspecified atom stereocenters. The van der Waals surface area contributed by atoms with Crippen molar-refractivity contribution in [1.82, 2.24) is 10.6 Å². The van der Waals surface area contributed by atoms with E-state index >= 15 is 0 Å². The predicted octanol–water partition coefficient (Wildman–Crippen LogP) is 3.32. The monoisotopic (exact) mass is 360 g/mol. The molecular formula is C21H36N4O. The van der Waals surface area contributed by atoms with Gasteiger partial charge in [0.25, 0.3) is 0 Å². The number of nitrogens with one attached hydrogen (secondary N) is 2. The molecule has 0 amide bonds. The van der Waals surface area contributed by atoms with Gasteiger partial charge in [-0.3, -0.25) is 4.99 Å². The molecule has 26 heavy (non-hydrogen) atoms. The Hall–Kier alpha value is -1.75. The Labute approximate surface area is 159 Å². The van der Waals surface area contributed by atoms with Crippen LogP contribution in [0.15, 0.2) is 23.2 Å². The van der Waals surface area contributed by atoms with Crippen molar-refractivity contribution in [2.45, 2.75) is 45.6 Å². The van der Waals surface area contributed by atoms with Gasteiger partial charge in [0.1, 0.15) is 0 Å². The minimum Gasteiger partial charge on any atom is -0.385 e. The van der Waals surface area contributed by atoms with E-state index in [1.54, 1.807) is 7.11 Å². The van der Waals surface area contributed by atoms with Gasteiger partial charge < -0.3 is 20.3 Å². The molecule has 1 aromatic carbocycles. The summed E-state index contributed by atoms with van der Waals surface area (Å²) in [5.41, 5.74) is 4.19. The Morgan fingerprint density at radius 3 is 2.54 bits per heavy atom. The van der Waals surface area contributed by atoms with E-state index in [0.717, 1.165) is 32.1 Å². The largest absolute Gasteiger partial charge is 0.385 e. The smallest absolute Gasteiger partial charge is 0.191 e. The van der Waals surface area contributed by atoms with E-state index < -0.39 is 0 Å². The molecule has 2 rings (SSSR count). The van der Waals surface area contributed by atoms with Crippen LogP contribution in [0.2, 0.25) is 0 Å². The number of methoxy groups -OCH3 is 1. The van der Waals surface area contributed by atoms with Gasteiger partial charge in [0.05, 0.1) is 0 Å². The van der Waals surface area contributed by atoms with Gasteiger partial charge in [0.2, 0.25) is 0 Å². The van der Waals surface area contributed by atoms with Crippen LogP contribution in [0.5, 0.6) is 0 Å². The quantitative estimate of drug-likeness (QED) is 0.551. The number of rotatable bonds is 8. The van der Waals surface area contributed by atoms with E-state index in [0.29, 0.717) is 5.41 Å². The number of benzene rings is 1. The molecule has 1 aliphatic rings. The van der Waals surface area contributed by atoms with Gasteiger partial charge in [-0.05, 0) is 54.9 Å². The fraction of sp³-hybridized carbons (Fsp3) is 0.667. The molecular weight excluding hydrogens is 324 g/mol.